The molecule has 0 unspecified atom stereocenters. The molecule has 4 rings (SSSR count). The molecule has 3 heterocycles. The molecule has 0 radical (unpaired) electrons. The molecule has 1 aromatic carbocycles. The number of nitrogens with zero attached hydrogens (tertiary/aromatic N) is 3. The van der Waals surface area contributed by atoms with Crippen LogP contribution < -0.4 is 14.8 Å². The number of hydrogen-bond donors (Lipinski definition) is 1. The normalized spacial score (nSPS) is 13.0. The molecule has 120 valence electrons. The number of hydrogen-bond acceptors (Lipinski definition) is 5. The number of ether oxygens (including phenoxy) is 2. The number of aromatic nitrogens is 3. The lowest BCUT2D eigenvalue weighted by molar-refractivity contribution is -0.113. The van der Waals surface area contributed by atoms with Crippen molar-refractivity contribution in [3.05, 3.63) is 53.7 Å². The number of carbonyl (C=O) groups excluding carboxylic acids is 1. The second-order valence-corrected chi connectivity index (χ2v) is 5.24. The monoisotopic (exact) mass is 322 g/mol. The van der Waals surface area contributed by atoms with Crippen LogP contribution in [0.1, 0.15) is 5.56 Å². The maximum absolute atomic E-state index is 12.5. The van der Waals surface area contributed by atoms with Crippen LogP contribution in [0.3, 0.4) is 0 Å². The van der Waals surface area contributed by atoms with Gasteiger partial charge in [-0.15, -0.1) is 10.2 Å². The van der Waals surface area contributed by atoms with Crippen LogP contribution in [0.25, 0.3) is 11.7 Å². The minimum atomic E-state index is -0.276. The topological polar surface area (TPSA) is 77.8 Å². The molecule has 0 saturated heterocycles. The summed E-state index contributed by atoms with van der Waals surface area (Å²) in [5.74, 6) is 1.38. The van der Waals surface area contributed by atoms with E-state index in [9.17, 15) is 4.79 Å². The molecule has 2 aromatic heterocycles. The molecule has 7 heteroatoms. The standard InChI is InChI=1S/C17H14N4O3/c1-23-13-6-4-5-11-9-12(10-24-15(11)13)16(22)18-17-20-19-14-7-2-3-8-21(14)17/h2-9H,10H2,1H3,(H,18,20,22). The first kappa shape index (κ1) is 14.3. The van der Waals surface area contributed by atoms with Crippen LogP contribution in [0.2, 0.25) is 0 Å². The van der Waals surface area contributed by atoms with Gasteiger partial charge in [-0.05, 0) is 24.3 Å². The third-order valence-electron chi connectivity index (χ3n) is 3.76. The first-order chi connectivity index (χ1) is 11.8. The molecule has 0 aliphatic carbocycles. The SMILES string of the molecule is COc1cccc2c1OCC(C(=O)Nc1nnc3ccccn13)=C2. The van der Waals surface area contributed by atoms with Gasteiger partial charge in [-0.2, -0.15) is 0 Å². The molecular formula is C17H14N4O3. The van der Waals surface area contributed by atoms with Crippen molar-refractivity contribution in [3.63, 3.8) is 0 Å². The van der Waals surface area contributed by atoms with Gasteiger partial charge in [-0.3, -0.25) is 14.5 Å². The first-order valence-electron chi connectivity index (χ1n) is 7.38. The summed E-state index contributed by atoms with van der Waals surface area (Å²) >= 11 is 0. The summed E-state index contributed by atoms with van der Waals surface area (Å²) in [7, 11) is 1.58. The largest absolute Gasteiger partial charge is 0.493 e. The molecule has 0 bridgehead atoms. The van der Waals surface area contributed by atoms with Gasteiger partial charge in [0.25, 0.3) is 5.91 Å². The zero-order valence-corrected chi connectivity index (χ0v) is 12.9. The second-order valence-electron chi connectivity index (χ2n) is 5.24. The molecule has 0 fully saturated rings. The molecule has 7 nitrogen and oxygen atoms in total. The molecule has 1 aliphatic rings. The fraction of sp³-hybridized carbons (Fsp3) is 0.118. The molecular weight excluding hydrogens is 308 g/mol. The van der Waals surface area contributed by atoms with E-state index in [-0.39, 0.29) is 12.5 Å². The minimum Gasteiger partial charge on any atom is -0.493 e. The number of amides is 1. The van der Waals surface area contributed by atoms with Gasteiger partial charge in [0.15, 0.2) is 17.1 Å². The summed E-state index contributed by atoms with van der Waals surface area (Å²) < 4.78 is 12.7. The number of para-hydroxylation sites is 1. The maximum atomic E-state index is 12.5. The Morgan fingerprint density at radius 2 is 2.17 bits per heavy atom. The number of methoxy groups -OCH3 is 1. The van der Waals surface area contributed by atoms with Crippen molar-refractivity contribution in [3.8, 4) is 11.5 Å². The van der Waals surface area contributed by atoms with Crippen LogP contribution in [0.5, 0.6) is 11.5 Å². The number of anilines is 1. The number of carbonyl (C=O) groups is 1. The smallest absolute Gasteiger partial charge is 0.257 e. The molecule has 1 N–H and O–H groups in total. The highest BCUT2D eigenvalue weighted by Crippen LogP contribution is 2.35. The highest BCUT2D eigenvalue weighted by molar-refractivity contribution is 6.07. The lowest BCUT2D eigenvalue weighted by atomic mass is 10.1. The fourth-order valence-corrected chi connectivity index (χ4v) is 2.58. The van der Waals surface area contributed by atoms with Gasteiger partial charge in [0, 0.05) is 11.8 Å². The maximum Gasteiger partial charge on any atom is 0.257 e. The Morgan fingerprint density at radius 3 is 3.04 bits per heavy atom. The Bertz CT molecular complexity index is 961. The van der Waals surface area contributed by atoms with Gasteiger partial charge in [0.2, 0.25) is 5.95 Å². The fourth-order valence-electron chi connectivity index (χ4n) is 2.58. The predicted molar refractivity (Wildman–Crippen MR) is 88.1 cm³/mol. The van der Waals surface area contributed by atoms with Gasteiger partial charge in [0.05, 0.1) is 12.7 Å². The average Bonchev–Trinajstić information content (AvgIpc) is 3.03. The van der Waals surface area contributed by atoms with E-state index in [1.165, 1.54) is 0 Å². The molecule has 0 saturated carbocycles. The summed E-state index contributed by atoms with van der Waals surface area (Å²) in [5.41, 5.74) is 1.97. The Hall–Kier alpha value is -3.35. The summed E-state index contributed by atoms with van der Waals surface area (Å²) in [6.45, 7) is 0.163. The van der Waals surface area contributed by atoms with Gasteiger partial charge in [-0.1, -0.05) is 18.2 Å². The summed E-state index contributed by atoms with van der Waals surface area (Å²) in [5, 5.41) is 10.8. The Morgan fingerprint density at radius 1 is 1.25 bits per heavy atom. The van der Waals surface area contributed by atoms with Gasteiger partial charge in [0.1, 0.15) is 6.61 Å². The average molecular weight is 322 g/mol. The van der Waals surface area contributed by atoms with E-state index < -0.39 is 0 Å². The Labute approximate surface area is 137 Å². The van der Waals surface area contributed by atoms with Crippen molar-refractivity contribution >= 4 is 23.6 Å². The second kappa shape index (κ2) is 5.69. The third kappa shape index (κ3) is 2.36. The van der Waals surface area contributed by atoms with E-state index in [1.54, 1.807) is 23.8 Å². The number of pyridine rings is 1. The van der Waals surface area contributed by atoms with Crippen molar-refractivity contribution in [1.29, 1.82) is 0 Å². The zero-order valence-electron chi connectivity index (χ0n) is 12.9. The number of benzene rings is 1. The molecule has 1 aliphatic heterocycles. The first-order valence-corrected chi connectivity index (χ1v) is 7.38. The van der Waals surface area contributed by atoms with E-state index in [1.807, 2.05) is 36.4 Å². The van der Waals surface area contributed by atoms with Crippen LogP contribution in [0.15, 0.2) is 48.2 Å². The van der Waals surface area contributed by atoms with Crippen LogP contribution in [-0.4, -0.2) is 34.2 Å². The van der Waals surface area contributed by atoms with Crippen molar-refractivity contribution in [2.45, 2.75) is 0 Å². The minimum absolute atomic E-state index is 0.163. The van der Waals surface area contributed by atoms with Gasteiger partial charge < -0.3 is 9.47 Å². The summed E-state index contributed by atoms with van der Waals surface area (Å²) in [4.78, 5) is 12.5. The van der Waals surface area contributed by atoms with Gasteiger partial charge in [-0.25, -0.2) is 0 Å². The van der Waals surface area contributed by atoms with E-state index in [4.69, 9.17) is 9.47 Å². The lowest BCUT2D eigenvalue weighted by Crippen LogP contribution is -2.22. The summed E-state index contributed by atoms with van der Waals surface area (Å²) in [6, 6.07) is 11.1. The highest BCUT2D eigenvalue weighted by Gasteiger charge is 2.21. The molecule has 1 amide bonds. The van der Waals surface area contributed by atoms with Crippen LogP contribution >= 0.6 is 0 Å². The lowest BCUT2D eigenvalue weighted by Gasteiger charge is -2.19. The van der Waals surface area contributed by atoms with Crippen molar-refractivity contribution in [2.75, 3.05) is 19.0 Å². The van der Waals surface area contributed by atoms with E-state index in [2.05, 4.69) is 15.5 Å². The number of rotatable bonds is 3. The van der Waals surface area contributed by atoms with Crippen LogP contribution in [-0.2, 0) is 4.79 Å². The van der Waals surface area contributed by atoms with Gasteiger partial charge >= 0.3 is 0 Å². The van der Waals surface area contributed by atoms with E-state index in [0.717, 1.165) is 5.56 Å². The number of nitrogens with one attached hydrogen (secondary N) is 1. The van der Waals surface area contributed by atoms with Crippen LogP contribution in [0.4, 0.5) is 5.95 Å². The highest BCUT2D eigenvalue weighted by atomic mass is 16.5. The van der Waals surface area contributed by atoms with Crippen molar-refractivity contribution in [1.82, 2.24) is 14.6 Å². The molecule has 0 atom stereocenters. The summed E-state index contributed by atoms with van der Waals surface area (Å²) in [6.07, 6.45) is 3.58. The third-order valence-corrected chi connectivity index (χ3v) is 3.76. The zero-order chi connectivity index (χ0) is 16.5. The quantitative estimate of drug-likeness (QED) is 0.799. The Kier molecular flexibility index (Phi) is 3.38. The molecule has 0 spiro atoms. The van der Waals surface area contributed by atoms with Crippen molar-refractivity contribution in [2.24, 2.45) is 0 Å². The van der Waals surface area contributed by atoms with E-state index >= 15 is 0 Å². The van der Waals surface area contributed by atoms with Crippen LogP contribution in [0, 0.1) is 0 Å². The van der Waals surface area contributed by atoms with Crippen molar-refractivity contribution < 1.29 is 14.3 Å². The molecule has 24 heavy (non-hydrogen) atoms. The Balaban J connectivity index is 1.62. The molecule has 3 aromatic rings. The number of fused-ring (bicyclic) bond motifs is 2. The predicted octanol–water partition coefficient (Wildman–Crippen LogP) is 2.15. The van der Waals surface area contributed by atoms with E-state index in [0.29, 0.717) is 28.7 Å².